The average molecular weight is 232 g/mol. The van der Waals surface area contributed by atoms with Crippen LogP contribution in [0.5, 0.6) is 0 Å². The van der Waals surface area contributed by atoms with E-state index in [2.05, 4.69) is 6.92 Å². The minimum absolute atomic E-state index is 0.412. The van der Waals surface area contributed by atoms with Crippen molar-refractivity contribution in [2.45, 2.75) is 39.5 Å². The van der Waals surface area contributed by atoms with Gasteiger partial charge in [-0.1, -0.05) is 33.1 Å². The highest BCUT2D eigenvalue weighted by molar-refractivity contribution is 7.61. The van der Waals surface area contributed by atoms with Gasteiger partial charge in [0.2, 0.25) is 0 Å². The zero-order valence-corrected chi connectivity index (χ0v) is 10.8. The first-order valence-electron chi connectivity index (χ1n) is 5.48. The van der Waals surface area contributed by atoms with Gasteiger partial charge in [0.25, 0.3) is 0 Å². The van der Waals surface area contributed by atoms with Crippen LogP contribution in [0.1, 0.15) is 39.5 Å². The van der Waals surface area contributed by atoms with Crippen LogP contribution in [0.15, 0.2) is 0 Å². The molecule has 0 radical (unpaired) electrons. The van der Waals surface area contributed by atoms with Crippen LogP contribution in [-0.2, 0) is 9.09 Å². The first-order valence-corrected chi connectivity index (χ1v) is 7.06. The number of nitrogens with zero attached hydrogens (tertiary/aromatic N) is 2. The summed E-state index contributed by atoms with van der Waals surface area (Å²) in [7, 11) is -1.55. The molecule has 0 bridgehead atoms. The molecule has 0 spiro atoms. The second kappa shape index (κ2) is 7.87. The minimum Gasteiger partial charge on any atom is -0.307 e. The summed E-state index contributed by atoms with van der Waals surface area (Å²) in [5.41, 5.74) is 0. The van der Waals surface area contributed by atoms with Crippen LogP contribution in [0.3, 0.4) is 0 Å². The zero-order valence-electron chi connectivity index (χ0n) is 9.90. The van der Waals surface area contributed by atoms with Crippen molar-refractivity contribution < 1.29 is 9.09 Å². The summed E-state index contributed by atoms with van der Waals surface area (Å²) in [5, 5.41) is 8.81. The molecule has 0 aromatic carbocycles. The molecule has 0 saturated carbocycles. The molecular formula is C10H21N2O2P. The Hall–Kier alpha value is -0.360. The van der Waals surface area contributed by atoms with Gasteiger partial charge in [-0.3, -0.25) is 4.57 Å². The maximum absolute atomic E-state index is 11.9. The molecule has 0 rings (SSSR count). The first-order chi connectivity index (χ1) is 7.10. The van der Waals surface area contributed by atoms with Crippen LogP contribution in [0.25, 0.3) is 0 Å². The topological polar surface area (TPSA) is 53.3 Å². The Morgan fingerprint density at radius 3 is 2.47 bits per heavy atom. The highest BCUT2D eigenvalue weighted by Gasteiger charge is 2.27. The lowest BCUT2D eigenvalue weighted by Crippen LogP contribution is -2.15. The van der Waals surface area contributed by atoms with Gasteiger partial charge in [0.1, 0.15) is 0 Å². The van der Waals surface area contributed by atoms with E-state index in [0.717, 1.165) is 25.7 Å². The molecule has 4 nitrogen and oxygen atoms in total. The van der Waals surface area contributed by atoms with Gasteiger partial charge in [-0.15, -0.1) is 0 Å². The maximum atomic E-state index is 11.9. The van der Waals surface area contributed by atoms with E-state index in [9.17, 15) is 4.57 Å². The van der Waals surface area contributed by atoms with Gasteiger partial charge in [0.05, 0.1) is 6.61 Å². The monoisotopic (exact) mass is 232 g/mol. The zero-order chi connectivity index (χ0) is 11.7. The maximum Gasteiger partial charge on any atom is 0.370 e. The molecule has 88 valence electrons. The lowest BCUT2D eigenvalue weighted by Gasteiger charge is -2.20. The highest BCUT2D eigenvalue weighted by atomic mass is 31.2. The van der Waals surface area contributed by atoms with Gasteiger partial charge in [0, 0.05) is 6.54 Å². The predicted molar refractivity (Wildman–Crippen MR) is 61.6 cm³/mol. The van der Waals surface area contributed by atoms with Crippen molar-refractivity contribution >= 4 is 7.52 Å². The van der Waals surface area contributed by atoms with Crippen molar-refractivity contribution in [3.05, 3.63) is 0 Å². The quantitative estimate of drug-likeness (QED) is 0.476. The Morgan fingerprint density at radius 1 is 1.33 bits per heavy atom. The van der Waals surface area contributed by atoms with E-state index in [1.807, 2.05) is 6.92 Å². The van der Waals surface area contributed by atoms with Crippen LogP contribution in [0.4, 0.5) is 0 Å². The summed E-state index contributed by atoms with van der Waals surface area (Å²) >= 11 is 0. The third kappa shape index (κ3) is 5.32. The average Bonchev–Trinajstić information content (AvgIpc) is 2.27. The van der Waals surface area contributed by atoms with E-state index in [4.69, 9.17) is 9.79 Å². The third-order valence-electron chi connectivity index (χ3n) is 2.30. The fourth-order valence-corrected chi connectivity index (χ4v) is 2.26. The van der Waals surface area contributed by atoms with Gasteiger partial charge in [-0.25, -0.2) is 4.67 Å². The highest BCUT2D eigenvalue weighted by Crippen LogP contribution is 2.48. The molecule has 0 aliphatic rings. The first kappa shape index (κ1) is 14.6. The fourth-order valence-electron chi connectivity index (χ4n) is 1.11. The lowest BCUT2D eigenvalue weighted by atomic mass is 10.2. The van der Waals surface area contributed by atoms with Gasteiger partial charge in [-0.2, -0.15) is 5.26 Å². The van der Waals surface area contributed by atoms with Crippen LogP contribution >= 0.6 is 7.52 Å². The van der Waals surface area contributed by atoms with Crippen LogP contribution in [-0.4, -0.2) is 24.9 Å². The van der Waals surface area contributed by atoms with Crippen molar-refractivity contribution in [2.75, 3.05) is 20.2 Å². The molecule has 0 N–H and O–H groups in total. The van der Waals surface area contributed by atoms with Crippen LogP contribution in [0.2, 0.25) is 0 Å². The Balaban J connectivity index is 3.91. The molecule has 0 heterocycles. The summed E-state index contributed by atoms with van der Waals surface area (Å²) in [5.74, 6) is 1.78. The van der Waals surface area contributed by atoms with Crippen molar-refractivity contribution in [3.8, 4) is 5.81 Å². The van der Waals surface area contributed by atoms with Crippen molar-refractivity contribution in [3.63, 3.8) is 0 Å². The van der Waals surface area contributed by atoms with Crippen molar-refractivity contribution in [2.24, 2.45) is 0 Å². The molecule has 0 aromatic rings. The second-order valence-corrected chi connectivity index (χ2v) is 5.67. The van der Waals surface area contributed by atoms with Gasteiger partial charge in [-0.05, 0) is 13.5 Å². The van der Waals surface area contributed by atoms with E-state index >= 15 is 0 Å². The number of nitriles is 1. The summed E-state index contributed by atoms with van der Waals surface area (Å²) in [6.45, 7) is 4.95. The van der Waals surface area contributed by atoms with E-state index in [1.54, 1.807) is 12.9 Å². The van der Waals surface area contributed by atoms with Crippen molar-refractivity contribution in [1.29, 1.82) is 5.26 Å². The summed E-state index contributed by atoms with van der Waals surface area (Å²) in [6, 6.07) is 0. The molecule has 1 unspecified atom stereocenters. The Kier molecular flexibility index (Phi) is 7.68. The van der Waals surface area contributed by atoms with E-state index in [-0.39, 0.29) is 0 Å². The molecule has 15 heavy (non-hydrogen) atoms. The molecule has 1 atom stereocenters. The molecule has 0 aliphatic carbocycles. The largest absolute Gasteiger partial charge is 0.370 e. The van der Waals surface area contributed by atoms with Gasteiger partial charge >= 0.3 is 7.52 Å². The predicted octanol–water partition coefficient (Wildman–Crippen LogP) is 3.21. The van der Waals surface area contributed by atoms with Crippen LogP contribution < -0.4 is 0 Å². The Morgan fingerprint density at radius 2 is 2.00 bits per heavy atom. The van der Waals surface area contributed by atoms with Crippen LogP contribution in [0, 0.1) is 11.1 Å². The summed E-state index contributed by atoms with van der Waals surface area (Å²) in [6.07, 6.45) is 4.25. The van der Waals surface area contributed by atoms with Gasteiger partial charge in [0.15, 0.2) is 5.81 Å². The molecule has 0 aromatic heterocycles. The molecular weight excluding hydrogens is 211 g/mol. The minimum atomic E-state index is -3.20. The number of hydrogen-bond acceptors (Lipinski definition) is 3. The summed E-state index contributed by atoms with van der Waals surface area (Å²) < 4.78 is 18.6. The lowest BCUT2D eigenvalue weighted by molar-refractivity contribution is 0.275. The van der Waals surface area contributed by atoms with Crippen molar-refractivity contribution in [1.82, 2.24) is 4.67 Å². The fraction of sp³-hybridized carbons (Fsp3) is 0.900. The molecule has 0 aliphatic heterocycles. The van der Waals surface area contributed by atoms with Gasteiger partial charge < -0.3 is 4.52 Å². The van der Waals surface area contributed by atoms with E-state index in [0.29, 0.717) is 13.2 Å². The van der Waals surface area contributed by atoms with E-state index in [1.165, 1.54) is 4.67 Å². The number of hydrogen-bond donors (Lipinski definition) is 0. The summed E-state index contributed by atoms with van der Waals surface area (Å²) in [4.78, 5) is 0. The van der Waals surface area contributed by atoms with E-state index < -0.39 is 7.52 Å². The molecule has 5 heteroatoms. The smallest absolute Gasteiger partial charge is 0.307 e. The third-order valence-corrected chi connectivity index (χ3v) is 4.26. The normalized spacial score (nSPS) is 14.9. The Labute approximate surface area is 92.7 Å². The second-order valence-electron chi connectivity index (χ2n) is 3.49. The molecule has 0 saturated heterocycles. The number of unbranched alkanes of at least 4 members (excludes halogenated alkanes) is 3. The Bertz CT molecular complexity index is 250. The molecule has 0 fully saturated rings. The number of rotatable bonds is 8. The molecule has 0 amide bonds. The standard InChI is InChI=1S/C10H21N2O2P/c1-4-6-7-8-9-14-15(13,10-11)12(3)5-2/h4-9H2,1-3H3. The SMILES string of the molecule is CCCCCCOP(=O)(C#N)N(C)CC.